The number of para-hydroxylation sites is 1. The van der Waals surface area contributed by atoms with Crippen LogP contribution in [0.1, 0.15) is 12.5 Å². The van der Waals surface area contributed by atoms with Gasteiger partial charge in [-0.05, 0) is 77.0 Å². The first-order valence-electron chi connectivity index (χ1n) is 10.5. The summed E-state index contributed by atoms with van der Waals surface area (Å²) in [5, 5.41) is 15.4. The fourth-order valence-corrected chi connectivity index (χ4v) is 3.77. The minimum absolute atomic E-state index is 0.116. The van der Waals surface area contributed by atoms with E-state index in [1.54, 1.807) is 55.5 Å². The molecule has 0 aliphatic rings. The summed E-state index contributed by atoms with van der Waals surface area (Å²) in [5.74, 6) is -0.233. The normalized spacial score (nSPS) is 10.7. The van der Waals surface area contributed by atoms with Crippen molar-refractivity contribution in [2.75, 3.05) is 23.8 Å². The van der Waals surface area contributed by atoms with Gasteiger partial charge in [0, 0.05) is 16.4 Å². The number of carbonyl (C=O) groups is 2. The molecule has 3 aromatic rings. The topological polar surface area (TPSA) is 100 Å². The summed E-state index contributed by atoms with van der Waals surface area (Å²) in [7, 11) is 0. The Morgan fingerprint density at radius 2 is 1.77 bits per heavy atom. The van der Waals surface area contributed by atoms with Gasteiger partial charge in [0.05, 0.1) is 11.1 Å². The van der Waals surface area contributed by atoms with Crippen LogP contribution in [0.15, 0.2) is 76.8 Å². The molecule has 7 nitrogen and oxygen atoms in total. The zero-order valence-corrected chi connectivity index (χ0v) is 21.0. The van der Waals surface area contributed by atoms with Crippen LogP contribution in [0.3, 0.4) is 0 Å². The molecule has 35 heavy (non-hydrogen) atoms. The van der Waals surface area contributed by atoms with Crippen molar-refractivity contribution in [3.8, 4) is 17.6 Å². The van der Waals surface area contributed by atoms with E-state index < -0.39 is 5.91 Å². The Balaban J connectivity index is 1.77. The van der Waals surface area contributed by atoms with Crippen molar-refractivity contribution in [1.82, 2.24) is 0 Å². The van der Waals surface area contributed by atoms with Gasteiger partial charge in [-0.3, -0.25) is 9.59 Å². The van der Waals surface area contributed by atoms with E-state index >= 15 is 0 Å². The molecule has 0 radical (unpaired) electrons. The van der Waals surface area contributed by atoms with Gasteiger partial charge in [-0.15, -0.1) is 0 Å². The number of hydrogen-bond acceptors (Lipinski definition) is 5. The molecule has 0 fully saturated rings. The number of nitriles is 1. The first-order chi connectivity index (χ1) is 16.9. The highest BCUT2D eigenvalue weighted by Gasteiger charge is 2.16. The number of ether oxygens (including phenoxy) is 2. The van der Waals surface area contributed by atoms with E-state index in [0.717, 1.165) is 0 Å². The highest BCUT2D eigenvalue weighted by Crippen LogP contribution is 2.37. The van der Waals surface area contributed by atoms with Gasteiger partial charge >= 0.3 is 0 Å². The third kappa shape index (κ3) is 7.60. The third-order valence-electron chi connectivity index (χ3n) is 4.50. The molecule has 0 spiro atoms. The zero-order valence-electron chi connectivity index (χ0n) is 18.7. The molecule has 0 heterocycles. The van der Waals surface area contributed by atoms with Crippen LogP contribution in [0.2, 0.25) is 5.02 Å². The third-order valence-corrected chi connectivity index (χ3v) is 5.32. The number of hydrogen-bond donors (Lipinski definition) is 2. The summed E-state index contributed by atoms with van der Waals surface area (Å²) in [6.45, 7) is 1.90. The molecule has 0 bridgehead atoms. The van der Waals surface area contributed by atoms with Gasteiger partial charge in [0.25, 0.3) is 11.8 Å². The van der Waals surface area contributed by atoms with Crippen LogP contribution in [0.5, 0.6) is 11.5 Å². The molecule has 0 saturated carbocycles. The van der Waals surface area contributed by atoms with E-state index in [-0.39, 0.29) is 18.1 Å². The standard InChI is InChI=1S/C26H21BrClN3O4/c1-2-34-23-13-17(11-18(15-29)26(33)31-21-10-6-7-19(28)14-21)12-22(27)25(23)35-16-24(32)30-20-8-4-3-5-9-20/h3-14H,2,16H2,1H3,(H,30,32)(H,31,33)/b18-11+. The average Bonchev–Trinajstić information content (AvgIpc) is 2.82. The Labute approximate surface area is 216 Å². The van der Waals surface area contributed by atoms with E-state index in [4.69, 9.17) is 21.1 Å². The van der Waals surface area contributed by atoms with Crippen LogP contribution >= 0.6 is 27.5 Å². The molecule has 0 aliphatic heterocycles. The number of nitrogens with one attached hydrogen (secondary N) is 2. The molecular formula is C26H21BrClN3O4. The van der Waals surface area contributed by atoms with Gasteiger partial charge in [-0.1, -0.05) is 35.9 Å². The van der Waals surface area contributed by atoms with E-state index in [1.165, 1.54) is 6.08 Å². The fraction of sp³-hybridized carbons (Fsp3) is 0.115. The van der Waals surface area contributed by atoms with Gasteiger partial charge in [0.15, 0.2) is 18.1 Å². The van der Waals surface area contributed by atoms with E-state index in [0.29, 0.717) is 44.5 Å². The van der Waals surface area contributed by atoms with E-state index in [9.17, 15) is 14.9 Å². The Morgan fingerprint density at radius 3 is 2.46 bits per heavy atom. The van der Waals surface area contributed by atoms with Crippen molar-refractivity contribution in [2.24, 2.45) is 0 Å². The summed E-state index contributed by atoms with van der Waals surface area (Å²) in [5.41, 5.74) is 1.54. The second kappa shape index (κ2) is 12.6. The van der Waals surface area contributed by atoms with Crippen molar-refractivity contribution in [1.29, 1.82) is 5.26 Å². The highest BCUT2D eigenvalue weighted by atomic mass is 79.9. The highest BCUT2D eigenvalue weighted by molar-refractivity contribution is 9.10. The van der Waals surface area contributed by atoms with Crippen LogP contribution in [0.25, 0.3) is 6.08 Å². The van der Waals surface area contributed by atoms with Gasteiger partial charge < -0.3 is 20.1 Å². The first-order valence-corrected chi connectivity index (χ1v) is 11.7. The molecule has 3 rings (SSSR count). The summed E-state index contributed by atoms with van der Waals surface area (Å²) in [6, 6.07) is 20.9. The molecule has 0 aliphatic carbocycles. The van der Waals surface area contributed by atoms with Crippen molar-refractivity contribution < 1.29 is 19.1 Å². The Kier molecular flexibility index (Phi) is 9.30. The lowest BCUT2D eigenvalue weighted by Gasteiger charge is -2.15. The largest absolute Gasteiger partial charge is 0.490 e. The lowest BCUT2D eigenvalue weighted by molar-refractivity contribution is -0.118. The van der Waals surface area contributed by atoms with Crippen LogP contribution in [-0.4, -0.2) is 25.0 Å². The van der Waals surface area contributed by atoms with E-state index in [2.05, 4.69) is 26.6 Å². The van der Waals surface area contributed by atoms with E-state index in [1.807, 2.05) is 24.3 Å². The van der Waals surface area contributed by atoms with Gasteiger partial charge in [-0.2, -0.15) is 5.26 Å². The smallest absolute Gasteiger partial charge is 0.266 e. The number of amides is 2. The molecule has 2 amide bonds. The lowest BCUT2D eigenvalue weighted by Crippen LogP contribution is -2.20. The molecule has 0 aromatic heterocycles. The molecule has 2 N–H and O–H groups in total. The summed E-state index contributed by atoms with van der Waals surface area (Å²) < 4.78 is 11.9. The summed E-state index contributed by atoms with van der Waals surface area (Å²) in [6.07, 6.45) is 1.43. The summed E-state index contributed by atoms with van der Waals surface area (Å²) in [4.78, 5) is 24.9. The lowest BCUT2D eigenvalue weighted by atomic mass is 10.1. The molecule has 0 unspecified atom stereocenters. The van der Waals surface area contributed by atoms with Crippen LogP contribution in [0, 0.1) is 11.3 Å². The Bertz CT molecular complexity index is 1290. The van der Waals surface area contributed by atoms with Crippen LogP contribution in [-0.2, 0) is 9.59 Å². The molecule has 9 heteroatoms. The Morgan fingerprint density at radius 1 is 1.03 bits per heavy atom. The van der Waals surface area contributed by atoms with Crippen molar-refractivity contribution in [2.45, 2.75) is 6.92 Å². The second-order valence-electron chi connectivity index (χ2n) is 7.10. The Hall–Kier alpha value is -3.80. The second-order valence-corrected chi connectivity index (χ2v) is 8.39. The maximum Gasteiger partial charge on any atom is 0.266 e. The maximum absolute atomic E-state index is 12.6. The van der Waals surface area contributed by atoms with Crippen LogP contribution in [0.4, 0.5) is 11.4 Å². The average molecular weight is 555 g/mol. The van der Waals surface area contributed by atoms with Gasteiger partial charge in [0.2, 0.25) is 0 Å². The molecule has 0 saturated heterocycles. The van der Waals surface area contributed by atoms with Crippen molar-refractivity contribution >= 4 is 56.8 Å². The van der Waals surface area contributed by atoms with Gasteiger partial charge in [0.1, 0.15) is 11.6 Å². The SMILES string of the molecule is CCOc1cc(/C=C(\C#N)C(=O)Nc2cccc(Cl)c2)cc(Br)c1OCC(=O)Nc1ccccc1. The number of benzene rings is 3. The maximum atomic E-state index is 12.6. The number of rotatable bonds is 9. The van der Waals surface area contributed by atoms with Crippen molar-refractivity contribution in [3.05, 3.63) is 87.4 Å². The number of carbonyl (C=O) groups excluding carboxylic acids is 2. The predicted octanol–water partition coefficient (Wildman–Crippen LogP) is 6.06. The number of halogens is 2. The number of nitrogens with zero attached hydrogens (tertiary/aromatic N) is 1. The minimum Gasteiger partial charge on any atom is -0.490 e. The molecule has 0 atom stereocenters. The first kappa shape index (κ1) is 25.8. The zero-order chi connectivity index (χ0) is 25.2. The monoisotopic (exact) mass is 553 g/mol. The summed E-state index contributed by atoms with van der Waals surface area (Å²) >= 11 is 9.38. The quantitative estimate of drug-likeness (QED) is 0.247. The molecule has 178 valence electrons. The molecular weight excluding hydrogens is 534 g/mol. The molecule has 3 aromatic carbocycles. The van der Waals surface area contributed by atoms with Crippen molar-refractivity contribution in [3.63, 3.8) is 0 Å². The fourth-order valence-electron chi connectivity index (χ4n) is 3.01. The minimum atomic E-state index is -0.582. The van der Waals surface area contributed by atoms with Crippen LogP contribution < -0.4 is 20.1 Å². The predicted molar refractivity (Wildman–Crippen MR) is 140 cm³/mol. The number of anilines is 2. The van der Waals surface area contributed by atoms with Gasteiger partial charge in [-0.25, -0.2) is 0 Å².